The summed E-state index contributed by atoms with van der Waals surface area (Å²) in [6.45, 7) is 0. The van der Waals surface area contributed by atoms with E-state index >= 15 is 0 Å². The minimum absolute atomic E-state index is 0.101. The van der Waals surface area contributed by atoms with Crippen molar-refractivity contribution in [1.29, 1.82) is 0 Å². The minimum atomic E-state index is 0.101. The molecule has 0 bridgehead atoms. The van der Waals surface area contributed by atoms with Crippen molar-refractivity contribution in [1.82, 2.24) is 4.98 Å². The predicted octanol–water partition coefficient (Wildman–Crippen LogP) is 1.92. The molecular formula is C10H8NOSSe. The molecule has 0 fully saturated rings. The number of carbonyl (C=O) groups excluding carboxylic acids is 1. The molecule has 0 aliphatic heterocycles. The number of hydrogen-bond donors (Lipinski definition) is 0. The van der Waals surface area contributed by atoms with Gasteiger partial charge in [0, 0.05) is 0 Å². The topological polar surface area (TPSA) is 30.0 Å². The van der Waals surface area contributed by atoms with Gasteiger partial charge in [-0.2, -0.15) is 0 Å². The van der Waals surface area contributed by atoms with E-state index in [-0.39, 0.29) is 4.68 Å². The van der Waals surface area contributed by atoms with E-state index < -0.39 is 0 Å². The Hall–Kier alpha value is -0.701. The average Bonchev–Trinajstić information content (AvgIpc) is 2.57. The number of rotatable bonds is 3. The third-order valence-electron chi connectivity index (χ3n) is 1.88. The molecule has 4 heteroatoms. The van der Waals surface area contributed by atoms with Crippen molar-refractivity contribution in [3.63, 3.8) is 0 Å². The van der Waals surface area contributed by atoms with E-state index in [1.165, 1.54) is 4.70 Å². The molecule has 0 aliphatic rings. The Labute approximate surface area is 94.2 Å². The molecule has 71 valence electrons. The van der Waals surface area contributed by atoms with Gasteiger partial charge in [-0.05, 0) is 0 Å². The first-order valence-corrected chi connectivity index (χ1v) is 5.97. The van der Waals surface area contributed by atoms with Crippen LogP contribution in [0.15, 0.2) is 24.3 Å². The third-order valence-corrected chi connectivity index (χ3v) is 3.41. The molecule has 2 rings (SSSR count). The molecule has 0 N–H and O–H groups in total. The summed E-state index contributed by atoms with van der Waals surface area (Å²) in [5.41, 5.74) is 1.03. The second-order valence-electron chi connectivity index (χ2n) is 2.95. The first-order chi connectivity index (χ1) is 6.75. The van der Waals surface area contributed by atoms with Crippen molar-refractivity contribution >= 4 is 42.2 Å². The van der Waals surface area contributed by atoms with Crippen molar-refractivity contribution in [2.24, 2.45) is 0 Å². The van der Waals surface area contributed by atoms with E-state index in [4.69, 9.17) is 0 Å². The fraction of sp³-hybridized carbons (Fsp3) is 0.200. The molecule has 1 heterocycles. The van der Waals surface area contributed by atoms with Crippen LogP contribution in [0.3, 0.4) is 0 Å². The summed E-state index contributed by atoms with van der Waals surface area (Å²) in [5, 5.41) is 1.04. The fourth-order valence-electron chi connectivity index (χ4n) is 1.24. The maximum atomic E-state index is 10.8. The third kappa shape index (κ3) is 2.21. The SMILES string of the molecule is O=C([Se])CCc1nc2ccccc2s1. The summed E-state index contributed by atoms with van der Waals surface area (Å²) in [6.07, 6.45) is 1.28. The molecule has 0 amide bonds. The van der Waals surface area contributed by atoms with Gasteiger partial charge in [-0.1, -0.05) is 0 Å². The molecule has 0 saturated heterocycles. The first kappa shape index (κ1) is 9.84. The summed E-state index contributed by atoms with van der Waals surface area (Å²) in [4.78, 5) is 15.2. The van der Waals surface area contributed by atoms with E-state index in [1.807, 2.05) is 18.2 Å². The van der Waals surface area contributed by atoms with Crippen LogP contribution in [0.2, 0.25) is 0 Å². The van der Waals surface area contributed by atoms with Gasteiger partial charge in [-0.3, -0.25) is 0 Å². The number of hydrogen-bond acceptors (Lipinski definition) is 3. The van der Waals surface area contributed by atoms with Crippen LogP contribution in [0.25, 0.3) is 10.2 Å². The zero-order chi connectivity index (χ0) is 9.97. The molecule has 2 aromatic rings. The summed E-state index contributed by atoms with van der Waals surface area (Å²) in [6, 6.07) is 8.03. The van der Waals surface area contributed by atoms with E-state index in [1.54, 1.807) is 11.3 Å². The molecule has 0 saturated carbocycles. The van der Waals surface area contributed by atoms with Crippen molar-refractivity contribution in [2.75, 3.05) is 0 Å². The van der Waals surface area contributed by atoms with Gasteiger partial charge in [0.2, 0.25) is 0 Å². The standard InChI is InChI=1S/C10H8NOSSe/c12-10(14)6-5-9-11-7-3-1-2-4-8(7)13-9/h1-4H,5-6H2. The second kappa shape index (κ2) is 4.22. The summed E-state index contributed by atoms with van der Waals surface area (Å²) < 4.78 is 1.29. The number of benzene rings is 1. The quantitative estimate of drug-likeness (QED) is 0.797. The van der Waals surface area contributed by atoms with Crippen LogP contribution >= 0.6 is 11.3 Å². The monoisotopic (exact) mass is 270 g/mol. The van der Waals surface area contributed by atoms with Gasteiger partial charge in [0.05, 0.1) is 0 Å². The van der Waals surface area contributed by atoms with Gasteiger partial charge < -0.3 is 0 Å². The molecule has 1 aromatic carbocycles. The number of para-hydroxylation sites is 1. The normalized spacial score (nSPS) is 10.6. The van der Waals surface area contributed by atoms with E-state index in [9.17, 15) is 4.79 Å². The molecule has 1 radical (unpaired) electrons. The van der Waals surface area contributed by atoms with Crippen LogP contribution < -0.4 is 0 Å². The van der Waals surface area contributed by atoms with Crippen LogP contribution in [-0.4, -0.2) is 25.7 Å². The first-order valence-electron chi connectivity index (χ1n) is 4.30. The van der Waals surface area contributed by atoms with Gasteiger partial charge in [0.15, 0.2) is 0 Å². The Kier molecular flexibility index (Phi) is 2.96. The Morgan fingerprint density at radius 1 is 1.43 bits per heavy atom. The molecule has 0 spiro atoms. The zero-order valence-electron chi connectivity index (χ0n) is 7.40. The molecular weight excluding hydrogens is 261 g/mol. The van der Waals surface area contributed by atoms with Gasteiger partial charge in [0.25, 0.3) is 0 Å². The number of fused-ring (bicyclic) bond motifs is 1. The molecule has 0 unspecified atom stereocenters. The maximum absolute atomic E-state index is 10.8. The summed E-state index contributed by atoms with van der Waals surface area (Å²) >= 11 is 4.14. The van der Waals surface area contributed by atoms with E-state index in [2.05, 4.69) is 27.1 Å². The Bertz CT molecular complexity index is 433. The fourth-order valence-corrected chi connectivity index (χ4v) is 2.42. The molecule has 2 nitrogen and oxygen atoms in total. The number of aryl methyl sites for hydroxylation is 1. The Balaban J connectivity index is 2.22. The number of nitrogens with zero attached hydrogens (tertiary/aromatic N) is 1. The summed E-state index contributed by atoms with van der Waals surface area (Å²) in [5.74, 6) is 0. The molecule has 0 atom stereocenters. The number of carbonyl (C=O) groups is 1. The molecule has 1 aromatic heterocycles. The zero-order valence-corrected chi connectivity index (χ0v) is 9.93. The average molecular weight is 269 g/mol. The van der Waals surface area contributed by atoms with Gasteiger partial charge in [-0.15, -0.1) is 0 Å². The molecule has 14 heavy (non-hydrogen) atoms. The van der Waals surface area contributed by atoms with Crippen LogP contribution in [0, 0.1) is 0 Å². The van der Waals surface area contributed by atoms with Gasteiger partial charge >= 0.3 is 94.1 Å². The van der Waals surface area contributed by atoms with E-state index in [0.717, 1.165) is 16.9 Å². The second-order valence-corrected chi connectivity index (χ2v) is 5.02. The predicted molar refractivity (Wildman–Crippen MR) is 58.7 cm³/mol. The van der Waals surface area contributed by atoms with Crippen molar-refractivity contribution in [3.8, 4) is 0 Å². The Morgan fingerprint density at radius 2 is 2.21 bits per heavy atom. The summed E-state index contributed by atoms with van der Waals surface area (Å²) in [7, 11) is 0. The number of thiazole rings is 1. The van der Waals surface area contributed by atoms with Crippen LogP contribution in [0.4, 0.5) is 0 Å². The van der Waals surface area contributed by atoms with Crippen LogP contribution in [-0.2, 0) is 11.2 Å². The van der Waals surface area contributed by atoms with Crippen molar-refractivity contribution < 1.29 is 4.79 Å². The van der Waals surface area contributed by atoms with Crippen LogP contribution in [0.1, 0.15) is 11.4 Å². The van der Waals surface area contributed by atoms with Crippen LogP contribution in [0.5, 0.6) is 0 Å². The molecule has 0 aliphatic carbocycles. The van der Waals surface area contributed by atoms with Crippen molar-refractivity contribution in [3.05, 3.63) is 29.3 Å². The van der Waals surface area contributed by atoms with Gasteiger partial charge in [0.1, 0.15) is 0 Å². The van der Waals surface area contributed by atoms with Gasteiger partial charge in [-0.25, -0.2) is 0 Å². The van der Waals surface area contributed by atoms with E-state index in [0.29, 0.717) is 6.42 Å². The Morgan fingerprint density at radius 3 is 2.93 bits per heavy atom. The number of aromatic nitrogens is 1. The van der Waals surface area contributed by atoms with Crippen molar-refractivity contribution in [2.45, 2.75) is 12.8 Å².